The van der Waals surface area contributed by atoms with Crippen molar-refractivity contribution in [1.82, 2.24) is 0 Å². The summed E-state index contributed by atoms with van der Waals surface area (Å²) >= 11 is 0. The van der Waals surface area contributed by atoms with Crippen molar-refractivity contribution in [3.8, 4) is 5.75 Å². The van der Waals surface area contributed by atoms with Gasteiger partial charge in [0.05, 0.1) is 12.2 Å². The molecule has 0 spiro atoms. The molecular formula is C13H18O3. The Morgan fingerprint density at radius 3 is 2.44 bits per heavy atom. The highest BCUT2D eigenvalue weighted by atomic mass is 16.5. The number of hydrogen-bond acceptors (Lipinski definition) is 3. The van der Waals surface area contributed by atoms with Crippen molar-refractivity contribution < 1.29 is 14.9 Å². The molecule has 0 saturated heterocycles. The Morgan fingerprint density at radius 2 is 1.94 bits per heavy atom. The van der Waals surface area contributed by atoms with Gasteiger partial charge in [-0.3, -0.25) is 0 Å². The van der Waals surface area contributed by atoms with Crippen molar-refractivity contribution in [1.29, 1.82) is 0 Å². The van der Waals surface area contributed by atoms with E-state index >= 15 is 0 Å². The van der Waals surface area contributed by atoms with Crippen LogP contribution in [0.3, 0.4) is 0 Å². The molecule has 0 bridgehead atoms. The summed E-state index contributed by atoms with van der Waals surface area (Å²) in [5.41, 5.74) is 0.874. The lowest BCUT2D eigenvalue weighted by atomic mass is 10.1. The molecule has 0 radical (unpaired) electrons. The van der Waals surface area contributed by atoms with Crippen molar-refractivity contribution in [2.45, 2.75) is 44.5 Å². The lowest BCUT2D eigenvalue weighted by molar-refractivity contribution is 0.0603. The van der Waals surface area contributed by atoms with Gasteiger partial charge in [-0.2, -0.15) is 0 Å². The second kappa shape index (κ2) is 4.85. The summed E-state index contributed by atoms with van der Waals surface area (Å²) in [5, 5.41) is 19.0. The summed E-state index contributed by atoms with van der Waals surface area (Å²) in [6.07, 6.45) is 1.91. The van der Waals surface area contributed by atoms with Crippen molar-refractivity contribution in [3.63, 3.8) is 0 Å². The Labute approximate surface area is 95.7 Å². The van der Waals surface area contributed by atoms with E-state index in [1.54, 1.807) is 6.92 Å². The fourth-order valence-electron chi connectivity index (χ4n) is 2.04. The molecule has 3 nitrogen and oxygen atoms in total. The van der Waals surface area contributed by atoms with Crippen LogP contribution in [0.4, 0.5) is 0 Å². The Balaban J connectivity index is 1.99. The molecule has 2 rings (SSSR count). The van der Waals surface area contributed by atoms with Gasteiger partial charge < -0.3 is 14.9 Å². The van der Waals surface area contributed by atoms with Gasteiger partial charge in [0.1, 0.15) is 11.9 Å². The molecule has 0 heterocycles. The quantitative estimate of drug-likeness (QED) is 0.822. The van der Waals surface area contributed by atoms with E-state index in [1.807, 2.05) is 24.3 Å². The van der Waals surface area contributed by atoms with Gasteiger partial charge in [0.15, 0.2) is 0 Å². The molecule has 2 N–H and O–H groups in total. The van der Waals surface area contributed by atoms with Crippen molar-refractivity contribution in [2.75, 3.05) is 0 Å². The molecule has 1 aromatic carbocycles. The fourth-order valence-corrected chi connectivity index (χ4v) is 2.04. The van der Waals surface area contributed by atoms with E-state index in [0.717, 1.165) is 30.6 Å². The van der Waals surface area contributed by atoms with Crippen molar-refractivity contribution in [2.24, 2.45) is 0 Å². The van der Waals surface area contributed by atoms with E-state index in [2.05, 4.69) is 0 Å². The zero-order chi connectivity index (χ0) is 11.5. The molecule has 0 aliphatic heterocycles. The van der Waals surface area contributed by atoms with Crippen LogP contribution in [0.25, 0.3) is 0 Å². The topological polar surface area (TPSA) is 49.7 Å². The van der Waals surface area contributed by atoms with E-state index in [9.17, 15) is 10.2 Å². The van der Waals surface area contributed by atoms with Gasteiger partial charge in [-0.15, -0.1) is 0 Å². The van der Waals surface area contributed by atoms with E-state index in [0.29, 0.717) is 0 Å². The van der Waals surface area contributed by atoms with Crippen LogP contribution in [0.5, 0.6) is 5.75 Å². The minimum Gasteiger partial charge on any atom is -0.488 e. The van der Waals surface area contributed by atoms with Crippen LogP contribution < -0.4 is 4.74 Å². The van der Waals surface area contributed by atoms with Gasteiger partial charge in [-0.1, -0.05) is 12.1 Å². The lowest BCUT2D eigenvalue weighted by Crippen LogP contribution is -2.25. The highest BCUT2D eigenvalue weighted by Crippen LogP contribution is 2.25. The second-order valence-electron chi connectivity index (χ2n) is 4.40. The fraction of sp³-hybridized carbons (Fsp3) is 0.538. The summed E-state index contributed by atoms with van der Waals surface area (Å²) in [4.78, 5) is 0. The van der Waals surface area contributed by atoms with Crippen LogP contribution in [-0.2, 0) is 0 Å². The Bertz CT molecular complexity index is 332. The first-order valence-electron chi connectivity index (χ1n) is 5.79. The van der Waals surface area contributed by atoms with Gasteiger partial charge in [-0.25, -0.2) is 0 Å². The molecule has 3 atom stereocenters. The maximum atomic E-state index is 9.63. The van der Waals surface area contributed by atoms with Gasteiger partial charge in [0.2, 0.25) is 0 Å². The summed E-state index contributed by atoms with van der Waals surface area (Å²) in [7, 11) is 0. The number of benzene rings is 1. The molecule has 16 heavy (non-hydrogen) atoms. The maximum absolute atomic E-state index is 9.63. The highest BCUT2D eigenvalue weighted by molar-refractivity contribution is 5.28. The largest absolute Gasteiger partial charge is 0.488 e. The molecule has 1 aliphatic carbocycles. The zero-order valence-electron chi connectivity index (χ0n) is 9.47. The Hall–Kier alpha value is -1.06. The van der Waals surface area contributed by atoms with Crippen LogP contribution in [0.15, 0.2) is 24.3 Å². The summed E-state index contributed by atoms with van der Waals surface area (Å²) in [6.45, 7) is 1.73. The first-order chi connectivity index (χ1) is 7.66. The minimum absolute atomic E-state index is 0.0719. The number of aliphatic hydroxyl groups is 2. The standard InChI is InChI=1S/C13H18O3/c1-9(14)10-5-7-11(8-6-10)16-13-4-2-3-12(13)15/h5-9,12-15H,2-4H2,1H3/t9-,12?,13?/m0/s1. The molecule has 1 aliphatic rings. The highest BCUT2D eigenvalue weighted by Gasteiger charge is 2.26. The summed E-state index contributed by atoms with van der Waals surface area (Å²) < 4.78 is 5.69. The molecule has 88 valence electrons. The first-order valence-corrected chi connectivity index (χ1v) is 5.79. The third-order valence-corrected chi connectivity index (χ3v) is 3.07. The molecule has 1 fully saturated rings. The number of aliphatic hydroxyl groups excluding tert-OH is 2. The molecule has 1 saturated carbocycles. The number of ether oxygens (including phenoxy) is 1. The smallest absolute Gasteiger partial charge is 0.124 e. The molecule has 2 unspecified atom stereocenters. The van der Waals surface area contributed by atoms with Crippen LogP contribution in [-0.4, -0.2) is 22.4 Å². The van der Waals surface area contributed by atoms with Crippen LogP contribution in [0.1, 0.15) is 37.9 Å². The van der Waals surface area contributed by atoms with E-state index in [4.69, 9.17) is 4.74 Å². The Morgan fingerprint density at radius 1 is 1.25 bits per heavy atom. The van der Waals surface area contributed by atoms with Crippen LogP contribution in [0.2, 0.25) is 0 Å². The average molecular weight is 222 g/mol. The van der Waals surface area contributed by atoms with Crippen molar-refractivity contribution >= 4 is 0 Å². The van der Waals surface area contributed by atoms with Crippen LogP contribution in [0, 0.1) is 0 Å². The van der Waals surface area contributed by atoms with Crippen LogP contribution >= 0.6 is 0 Å². The third-order valence-electron chi connectivity index (χ3n) is 3.07. The van der Waals surface area contributed by atoms with E-state index in [-0.39, 0.29) is 12.2 Å². The number of rotatable bonds is 3. The molecule has 0 aromatic heterocycles. The lowest BCUT2D eigenvalue weighted by Gasteiger charge is -2.17. The van der Waals surface area contributed by atoms with E-state index in [1.165, 1.54) is 0 Å². The molecule has 0 amide bonds. The van der Waals surface area contributed by atoms with Gasteiger partial charge in [0.25, 0.3) is 0 Å². The predicted molar refractivity (Wildman–Crippen MR) is 61.3 cm³/mol. The third kappa shape index (κ3) is 2.54. The summed E-state index contributed by atoms with van der Waals surface area (Å²) in [6, 6.07) is 7.38. The minimum atomic E-state index is -0.453. The predicted octanol–water partition coefficient (Wildman–Crippen LogP) is 2.03. The van der Waals surface area contributed by atoms with Crippen molar-refractivity contribution in [3.05, 3.63) is 29.8 Å². The number of hydrogen-bond donors (Lipinski definition) is 2. The molecule has 3 heteroatoms. The zero-order valence-corrected chi connectivity index (χ0v) is 9.47. The van der Waals surface area contributed by atoms with Gasteiger partial charge in [0, 0.05) is 0 Å². The SMILES string of the molecule is C[C@H](O)c1ccc(OC2CCCC2O)cc1. The second-order valence-corrected chi connectivity index (χ2v) is 4.40. The van der Waals surface area contributed by atoms with Gasteiger partial charge in [-0.05, 0) is 43.9 Å². The molecule has 1 aromatic rings. The molecular weight excluding hydrogens is 204 g/mol. The summed E-state index contributed by atoms with van der Waals surface area (Å²) in [5.74, 6) is 0.760. The average Bonchev–Trinajstić information content (AvgIpc) is 2.65. The monoisotopic (exact) mass is 222 g/mol. The Kier molecular flexibility index (Phi) is 3.46. The maximum Gasteiger partial charge on any atom is 0.124 e. The van der Waals surface area contributed by atoms with E-state index < -0.39 is 6.10 Å². The van der Waals surface area contributed by atoms with Gasteiger partial charge >= 0.3 is 0 Å². The first kappa shape index (κ1) is 11.4. The normalized spacial score (nSPS) is 26.7.